The zero-order valence-electron chi connectivity index (χ0n) is 14.0. The van der Waals surface area contributed by atoms with Crippen LogP contribution < -0.4 is 5.32 Å². The largest absolute Gasteiger partial charge is 0.329 e. The van der Waals surface area contributed by atoms with Gasteiger partial charge in [-0.05, 0) is 38.4 Å². The highest BCUT2D eigenvalue weighted by molar-refractivity contribution is 5.94. The number of carbonyl (C=O) groups excluding carboxylic acids is 1. The Balaban J connectivity index is 1.51. The average molecular weight is 325 g/mol. The van der Waals surface area contributed by atoms with Gasteiger partial charge in [0.1, 0.15) is 5.82 Å². The highest BCUT2D eigenvalue weighted by Gasteiger charge is 2.28. The zero-order valence-corrected chi connectivity index (χ0v) is 14.0. The first-order chi connectivity index (χ1) is 11.7. The number of benzene rings is 1. The molecule has 1 N–H and O–H groups in total. The van der Waals surface area contributed by atoms with Crippen molar-refractivity contribution in [1.82, 2.24) is 25.0 Å². The summed E-state index contributed by atoms with van der Waals surface area (Å²) in [6.45, 7) is 6.14. The molecule has 0 aliphatic carbocycles. The first kappa shape index (κ1) is 15.3. The minimum atomic E-state index is 0.0742. The molecule has 1 atom stereocenters. The second-order valence-corrected chi connectivity index (χ2v) is 6.76. The van der Waals surface area contributed by atoms with Gasteiger partial charge in [-0.3, -0.25) is 4.79 Å². The lowest BCUT2D eigenvalue weighted by Gasteiger charge is -2.29. The van der Waals surface area contributed by atoms with Crippen molar-refractivity contribution in [3.63, 3.8) is 0 Å². The summed E-state index contributed by atoms with van der Waals surface area (Å²) in [5, 5.41) is 12.2. The molecule has 126 valence electrons. The topological polar surface area (TPSA) is 63.1 Å². The van der Waals surface area contributed by atoms with Gasteiger partial charge >= 0.3 is 0 Å². The lowest BCUT2D eigenvalue weighted by atomic mass is 9.99. The van der Waals surface area contributed by atoms with Crippen LogP contribution in [0.25, 0.3) is 0 Å². The normalized spacial score (nSPS) is 20.7. The van der Waals surface area contributed by atoms with E-state index in [1.807, 2.05) is 36.1 Å². The summed E-state index contributed by atoms with van der Waals surface area (Å²) >= 11 is 0. The fourth-order valence-electron chi connectivity index (χ4n) is 3.61. The molecule has 6 nitrogen and oxygen atoms in total. The molecule has 1 unspecified atom stereocenters. The molecule has 24 heavy (non-hydrogen) atoms. The van der Waals surface area contributed by atoms with Crippen molar-refractivity contribution in [3.05, 3.63) is 47.0 Å². The molecule has 2 aliphatic rings. The predicted molar refractivity (Wildman–Crippen MR) is 90.8 cm³/mol. The summed E-state index contributed by atoms with van der Waals surface area (Å²) in [5.41, 5.74) is 1.90. The van der Waals surface area contributed by atoms with Gasteiger partial charge in [-0.1, -0.05) is 17.7 Å². The van der Waals surface area contributed by atoms with Crippen molar-refractivity contribution in [3.8, 4) is 0 Å². The van der Waals surface area contributed by atoms with Crippen LogP contribution >= 0.6 is 0 Å². The van der Waals surface area contributed by atoms with Crippen LogP contribution in [0.3, 0.4) is 0 Å². The summed E-state index contributed by atoms with van der Waals surface area (Å²) < 4.78 is 2.22. The predicted octanol–water partition coefficient (Wildman–Crippen LogP) is 1.71. The molecule has 1 amide bonds. The van der Waals surface area contributed by atoms with E-state index in [1.165, 1.54) is 6.42 Å². The van der Waals surface area contributed by atoms with Gasteiger partial charge < -0.3 is 14.8 Å². The maximum atomic E-state index is 12.7. The monoisotopic (exact) mass is 325 g/mol. The Bertz CT molecular complexity index is 730. The zero-order chi connectivity index (χ0) is 16.5. The van der Waals surface area contributed by atoms with Crippen molar-refractivity contribution < 1.29 is 4.79 Å². The standard InChI is InChI=1S/C18H23N5O/c1-13-4-6-14(7-5-13)18(24)22-9-10-23-16(12-22)20-21-17(23)15-3-2-8-19-11-15/h4-7,15,19H,2-3,8-12H2,1H3. The van der Waals surface area contributed by atoms with Gasteiger partial charge in [-0.25, -0.2) is 0 Å². The highest BCUT2D eigenvalue weighted by atomic mass is 16.2. The maximum Gasteiger partial charge on any atom is 0.254 e. The molecule has 3 heterocycles. The molecular weight excluding hydrogens is 302 g/mol. The number of nitrogens with one attached hydrogen (secondary N) is 1. The maximum absolute atomic E-state index is 12.7. The van der Waals surface area contributed by atoms with E-state index in [1.54, 1.807) is 0 Å². The van der Waals surface area contributed by atoms with Crippen LogP contribution in [0, 0.1) is 6.92 Å². The van der Waals surface area contributed by atoms with Gasteiger partial charge in [-0.15, -0.1) is 10.2 Å². The number of aromatic nitrogens is 3. The van der Waals surface area contributed by atoms with Crippen molar-refractivity contribution in [2.24, 2.45) is 0 Å². The first-order valence-electron chi connectivity index (χ1n) is 8.71. The van der Waals surface area contributed by atoms with Crippen LogP contribution in [0.1, 0.15) is 46.3 Å². The summed E-state index contributed by atoms with van der Waals surface area (Å²) in [4.78, 5) is 14.6. The molecule has 6 heteroatoms. The third kappa shape index (κ3) is 2.82. The van der Waals surface area contributed by atoms with E-state index in [-0.39, 0.29) is 5.91 Å². The Morgan fingerprint density at radius 1 is 1.21 bits per heavy atom. The summed E-state index contributed by atoms with van der Waals surface area (Å²) in [6.07, 6.45) is 2.35. The number of rotatable bonds is 2. The summed E-state index contributed by atoms with van der Waals surface area (Å²) in [7, 11) is 0. The molecule has 1 aromatic heterocycles. The van der Waals surface area contributed by atoms with Gasteiger partial charge in [0.15, 0.2) is 5.82 Å². The van der Waals surface area contributed by atoms with Gasteiger partial charge in [0, 0.05) is 31.1 Å². The van der Waals surface area contributed by atoms with Crippen LogP contribution in [0.2, 0.25) is 0 Å². The SMILES string of the molecule is Cc1ccc(C(=O)N2CCn3c(nnc3C3CCCNC3)C2)cc1. The van der Waals surface area contributed by atoms with Gasteiger partial charge in [0.2, 0.25) is 0 Å². The fraction of sp³-hybridized carbons (Fsp3) is 0.500. The minimum Gasteiger partial charge on any atom is -0.329 e. The Morgan fingerprint density at radius 3 is 2.79 bits per heavy atom. The van der Waals surface area contributed by atoms with E-state index in [4.69, 9.17) is 0 Å². The van der Waals surface area contributed by atoms with E-state index < -0.39 is 0 Å². The van der Waals surface area contributed by atoms with E-state index in [0.29, 0.717) is 19.0 Å². The molecule has 0 bridgehead atoms. The van der Waals surface area contributed by atoms with E-state index in [9.17, 15) is 4.79 Å². The molecule has 2 aromatic rings. The average Bonchev–Trinajstić information content (AvgIpc) is 3.05. The molecular formula is C18H23N5O. The third-order valence-corrected chi connectivity index (χ3v) is 5.03. The van der Waals surface area contributed by atoms with Crippen LogP contribution in [0.4, 0.5) is 0 Å². The van der Waals surface area contributed by atoms with Crippen LogP contribution in [0.15, 0.2) is 24.3 Å². The molecule has 0 radical (unpaired) electrons. The Hall–Kier alpha value is -2.21. The smallest absolute Gasteiger partial charge is 0.254 e. The molecule has 1 saturated heterocycles. The Morgan fingerprint density at radius 2 is 2.04 bits per heavy atom. The number of nitrogens with zero attached hydrogens (tertiary/aromatic N) is 4. The van der Waals surface area contributed by atoms with Gasteiger partial charge in [-0.2, -0.15) is 0 Å². The van der Waals surface area contributed by atoms with Crippen LogP contribution in [-0.4, -0.2) is 45.2 Å². The lowest BCUT2D eigenvalue weighted by Crippen LogP contribution is -2.39. The summed E-state index contributed by atoms with van der Waals surface area (Å²) in [5.74, 6) is 2.51. The molecule has 2 aliphatic heterocycles. The molecule has 0 saturated carbocycles. The van der Waals surface area contributed by atoms with Crippen molar-refractivity contribution in [2.75, 3.05) is 19.6 Å². The van der Waals surface area contributed by atoms with E-state index in [0.717, 1.165) is 48.8 Å². The fourth-order valence-corrected chi connectivity index (χ4v) is 3.61. The highest BCUT2D eigenvalue weighted by Crippen LogP contribution is 2.24. The van der Waals surface area contributed by atoms with Crippen LogP contribution in [0.5, 0.6) is 0 Å². The molecule has 0 spiro atoms. The number of amides is 1. The molecule has 1 aromatic carbocycles. The number of hydrogen-bond donors (Lipinski definition) is 1. The van der Waals surface area contributed by atoms with Crippen molar-refractivity contribution in [2.45, 2.75) is 38.8 Å². The second-order valence-electron chi connectivity index (χ2n) is 6.76. The lowest BCUT2D eigenvalue weighted by molar-refractivity contribution is 0.0706. The van der Waals surface area contributed by atoms with Crippen LogP contribution in [-0.2, 0) is 13.1 Å². The number of fused-ring (bicyclic) bond motifs is 1. The van der Waals surface area contributed by atoms with E-state index in [2.05, 4.69) is 20.1 Å². The number of hydrogen-bond acceptors (Lipinski definition) is 4. The third-order valence-electron chi connectivity index (χ3n) is 5.03. The van der Waals surface area contributed by atoms with E-state index >= 15 is 0 Å². The Kier molecular flexibility index (Phi) is 4.06. The number of piperidine rings is 1. The summed E-state index contributed by atoms with van der Waals surface area (Å²) in [6, 6.07) is 7.76. The quantitative estimate of drug-likeness (QED) is 0.913. The second kappa shape index (κ2) is 6.36. The van der Waals surface area contributed by atoms with Crippen molar-refractivity contribution in [1.29, 1.82) is 0 Å². The molecule has 1 fully saturated rings. The first-order valence-corrected chi connectivity index (χ1v) is 8.71. The Labute approximate surface area is 141 Å². The molecule has 4 rings (SSSR count). The van der Waals surface area contributed by atoms with Crippen molar-refractivity contribution >= 4 is 5.91 Å². The minimum absolute atomic E-state index is 0.0742. The number of aryl methyl sites for hydroxylation is 1. The number of carbonyl (C=O) groups is 1. The van der Waals surface area contributed by atoms with Gasteiger partial charge in [0.25, 0.3) is 5.91 Å². The van der Waals surface area contributed by atoms with Gasteiger partial charge in [0.05, 0.1) is 6.54 Å².